The smallest absolute Gasteiger partial charge is 0.146 e. The van der Waals surface area contributed by atoms with Crippen LogP contribution in [0.4, 0.5) is 4.39 Å². The highest BCUT2D eigenvalue weighted by atomic mass is 19.1. The van der Waals surface area contributed by atoms with Crippen LogP contribution in [0, 0.1) is 5.82 Å². The fourth-order valence-corrected chi connectivity index (χ4v) is 1.34. The molecule has 3 heteroatoms. The molecule has 1 aromatic carbocycles. The van der Waals surface area contributed by atoms with Crippen molar-refractivity contribution in [2.45, 2.75) is 26.4 Å². The van der Waals surface area contributed by atoms with Crippen LogP contribution >= 0.6 is 0 Å². The highest BCUT2D eigenvalue weighted by molar-refractivity contribution is 5.80. The maximum atomic E-state index is 13.3. The lowest BCUT2D eigenvalue weighted by atomic mass is 10.1. The summed E-state index contributed by atoms with van der Waals surface area (Å²) in [6, 6.07) is 6.45. The maximum absolute atomic E-state index is 13.3. The van der Waals surface area contributed by atoms with Crippen molar-refractivity contribution in [2.24, 2.45) is 0 Å². The Labute approximate surface area is 89.7 Å². The number of nitrogens with zero attached hydrogens (tertiary/aromatic N) is 1. The number of carbonyl (C=O) groups excluding carboxylic acids is 1. The summed E-state index contributed by atoms with van der Waals surface area (Å²) in [5.41, 5.74) is 0.619. The summed E-state index contributed by atoms with van der Waals surface area (Å²) in [6.07, 6.45) is 0. The van der Waals surface area contributed by atoms with Crippen LogP contribution in [0.5, 0.6) is 0 Å². The van der Waals surface area contributed by atoms with E-state index in [4.69, 9.17) is 0 Å². The minimum Gasteiger partial charge on any atom is -0.298 e. The zero-order valence-corrected chi connectivity index (χ0v) is 9.33. The molecule has 0 aliphatic heterocycles. The van der Waals surface area contributed by atoms with Crippen LogP contribution in [0.2, 0.25) is 0 Å². The SMILES string of the molecule is CC(=O)C(C)N(C)Cc1ccccc1F. The van der Waals surface area contributed by atoms with Gasteiger partial charge in [-0.3, -0.25) is 9.69 Å². The third kappa shape index (κ3) is 3.13. The molecule has 0 fully saturated rings. The van der Waals surface area contributed by atoms with Gasteiger partial charge in [-0.05, 0) is 27.0 Å². The molecule has 0 saturated carbocycles. The Morgan fingerprint density at radius 2 is 2.07 bits per heavy atom. The molecule has 0 amide bonds. The molecule has 0 spiro atoms. The summed E-state index contributed by atoms with van der Waals surface area (Å²) in [4.78, 5) is 13.0. The molecule has 1 rings (SSSR count). The van der Waals surface area contributed by atoms with E-state index >= 15 is 0 Å². The molecule has 2 nitrogen and oxygen atoms in total. The van der Waals surface area contributed by atoms with Crippen LogP contribution in [-0.4, -0.2) is 23.8 Å². The Morgan fingerprint density at radius 1 is 1.47 bits per heavy atom. The molecule has 0 radical (unpaired) electrons. The summed E-state index contributed by atoms with van der Waals surface area (Å²) in [5.74, 6) is -0.131. The normalized spacial score (nSPS) is 12.9. The predicted molar refractivity (Wildman–Crippen MR) is 58.0 cm³/mol. The number of hydrogen-bond donors (Lipinski definition) is 0. The second-order valence-corrected chi connectivity index (χ2v) is 3.79. The highest BCUT2D eigenvalue weighted by Gasteiger charge is 2.14. The highest BCUT2D eigenvalue weighted by Crippen LogP contribution is 2.10. The van der Waals surface area contributed by atoms with Crippen LogP contribution in [0.3, 0.4) is 0 Å². The third-order valence-corrected chi connectivity index (χ3v) is 2.63. The molecule has 15 heavy (non-hydrogen) atoms. The molecule has 0 bridgehead atoms. The van der Waals surface area contributed by atoms with E-state index in [-0.39, 0.29) is 17.6 Å². The predicted octanol–water partition coefficient (Wildman–Crippen LogP) is 2.24. The van der Waals surface area contributed by atoms with Crippen molar-refractivity contribution in [3.05, 3.63) is 35.6 Å². The monoisotopic (exact) mass is 209 g/mol. The van der Waals surface area contributed by atoms with Crippen LogP contribution in [0.25, 0.3) is 0 Å². The second kappa shape index (κ2) is 5.03. The molecular weight excluding hydrogens is 193 g/mol. The average molecular weight is 209 g/mol. The van der Waals surface area contributed by atoms with E-state index in [1.807, 2.05) is 18.9 Å². The van der Waals surface area contributed by atoms with E-state index in [0.717, 1.165) is 0 Å². The van der Waals surface area contributed by atoms with Crippen LogP contribution in [0.15, 0.2) is 24.3 Å². The van der Waals surface area contributed by atoms with Crippen molar-refractivity contribution < 1.29 is 9.18 Å². The Balaban J connectivity index is 2.70. The van der Waals surface area contributed by atoms with E-state index < -0.39 is 0 Å². The standard InChI is InChI=1S/C12H16FNO/c1-9(10(2)15)14(3)8-11-6-4-5-7-12(11)13/h4-7,9H,8H2,1-3H3. The summed E-state index contributed by atoms with van der Waals surface area (Å²) in [7, 11) is 1.82. The van der Waals surface area contributed by atoms with Gasteiger partial charge in [0.1, 0.15) is 11.6 Å². The van der Waals surface area contributed by atoms with Crippen LogP contribution in [0.1, 0.15) is 19.4 Å². The van der Waals surface area contributed by atoms with E-state index in [9.17, 15) is 9.18 Å². The number of carbonyl (C=O) groups is 1. The minimum atomic E-state index is -0.222. The van der Waals surface area contributed by atoms with Gasteiger partial charge < -0.3 is 0 Å². The fourth-order valence-electron chi connectivity index (χ4n) is 1.34. The molecule has 1 aromatic rings. The van der Waals surface area contributed by atoms with Crippen LogP contribution < -0.4 is 0 Å². The van der Waals surface area contributed by atoms with Gasteiger partial charge in [-0.1, -0.05) is 18.2 Å². The molecule has 0 aliphatic rings. The van der Waals surface area contributed by atoms with Gasteiger partial charge in [0.15, 0.2) is 0 Å². The topological polar surface area (TPSA) is 20.3 Å². The Bertz CT molecular complexity index is 351. The van der Waals surface area contributed by atoms with Crippen molar-refractivity contribution in [3.8, 4) is 0 Å². The lowest BCUT2D eigenvalue weighted by Gasteiger charge is -2.22. The number of likely N-dealkylation sites (N-methyl/N-ethyl adjacent to an activating group) is 1. The van der Waals surface area contributed by atoms with Crippen LogP contribution in [-0.2, 0) is 11.3 Å². The number of hydrogen-bond acceptors (Lipinski definition) is 2. The first kappa shape index (κ1) is 11.9. The van der Waals surface area contributed by atoms with Gasteiger partial charge in [-0.15, -0.1) is 0 Å². The lowest BCUT2D eigenvalue weighted by molar-refractivity contribution is -0.121. The number of rotatable bonds is 4. The van der Waals surface area contributed by atoms with Gasteiger partial charge in [-0.25, -0.2) is 4.39 Å². The number of benzene rings is 1. The summed E-state index contributed by atoms with van der Waals surface area (Å²) in [5, 5.41) is 0. The van der Waals surface area contributed by atoms with Crippen molar-refractivity contribution in [1.82, 2.24) is 4.90 Å². The molecule has 1 unspecified atom stereocenters. The van der Waals surface area contributed by atoms with Gasteiger partial charge >= 0.3 is 0 Å². The lowest BCUT2D eigenvalue weighted by Crippen LogP contribution is -2.34. The maximum Gasteiger partial charge on any atom is 0.146 e. The zero-order chi connectivity index (χ0) is 11.4. The van der Waals surface area contributed by atoms with Crippen molar-refractivity contribution in [3.63, 3.8) is 0 Å². The number of halogens is 1. The average Bonchev–Trinajstić information content (AvgIpc) is 2.20. The third-order valence-electron chi connectivity index (χ3n) is 2.63. The van der Waals surface area contributed by atoms with Gasteiger partial charge in [0.05, 0.1) is 6.04 Å². The number of Topliss-reactive ketones (excluding diaryl/α,β-unsaturated/α-hetero) is 1. The largest absolute Gasteiger partial charge is 0.298 e. The van der Waals surface area contributed by atoms with Gasteiger partial charge in [-0.2, -0.15) is 0 Å². The van der Waals surface area contributed by atoms with E-state index in [1.165, 1.54) is 6.07 Å². The Kier molecular flexibility index (Phi) is 3.97. The second-order valence-electron chi connectivity index (χ2n) is 3.79. The van der Waals surface area contributed by atoms with Gasteiger partial charge in [0.2, 0.25) is 0 Å². The molecule has 0 heterocycles. The summed E-state index contributed by atoms with van der Waals surface area (Å²) in [6.45, 7) is 3.82. The fraction of sp³-hybridized carbons (Fsp3) is 0.417. The first-order chi connectivity index (χ1) is 7.02. The first-order valence-electron chi connectivity index (χ1n) is 4.96. The summed E-state index contributed by atoms with van der Waals surface area (Å²) >= 11 is 0. The molecule has 82 valence electrons. The Morgan fingerprint density at radius 3 is 2.60 bits per heavy atom. The first-order valence-corrected chi connectivity index (χ1v) is 4.96. The molecule has 0 aliphatic carbocycles. The molecule has 0 saturated heterocycles. The Hall–Kier alpha value is -1.22. The number of ketones is 1. The van der Waals surface area contributed by atoms with Crippen molar-refractivity contribution in [1.29, 1.82) is 0 Å². The zero-order valence-electron chi connectivity index (χ0n) is 9.33. The van der Waals surface area contributed by atoms with Crippen molar-refractivity contribution in [2.75, 3.05) is 7.05 Å². The molecule has 0 aromatic heterocycles. The molecule has 0 N–H and O–H groups in total. The van der Waals surface area contributed by atoms with E-state index in [0.29, 0.717) is 12.1 Å². The minimum absolute atomic E-state index is 0.0915. The van der Waals surface area contributed by atoms with Gasteiger partial charge in [0.25, 0.3) is 0 Å². The molecule has 1 atom stereocenters. The summed E-state index contributed by atoms with van der Waals surface area (Å²) < 4.78 is 13.3. The van der Waals surface area contributed by atoms with E-state index in [2.05, 4.69) is 0 Å². The quantitative estimate of drug-likeness (QED) is 0.758. The van der Waals surface area contributed by atoms with Crippen molar-refractivity contribution >= 4 is 5.78 Å². The molecular formula is C12H16FNO. The van der Waals surface area contributed by atoms with Gasteiger partial charge in [0, 0.05) is 12.1 Å². The van der Waals surface area contributed by atoms with E-state index in [1.54, 1.807) is 25.1 Å².